The monoisotopic (exact) mass is 236 g/mol. The molecule has 1 N–H and O–H groups in total. The van der Waals surface area contributed by atoms with Crippen LogP contribution in [0.3, 0.4) is 0 Å². The lowest BCUT2D eigenvalue weighted by molar-refractivity contribution is -0.166. The maximum Gasteiger partial charge on any atom is 0.335 e. The van der Waals surface area contributed by atoms with Crippen LogP contribution < -0.4 is 0 Å². The summed E-state index contributed by atoms with van der Waals surface area (Å²) in [6.45, 7) is 2.00. The molecule has 0 aromatic carbocycles. The molecule has 1 aliphatic heterocycles. The normalized spacial score (nSPS) is 30.7. The molecule has 1 atom stereocenters. The summed E-state index contributed by atoms with van der Waals surface area (Å²) >= 11 is 0. The Hall–Kier alpha value is -0.620. The van der Waals surface area contributed by atoms with E-state index in [1.807, 2.05) is 0 Å². The molecule has 1 aliphatic rings. The van der Waals surface area contributed by atoms with Gasteiger partial charge in [0, 0.05) is 13.0 Å². The number of hydrogen-bond donors (Lipinski definition) is 1. The van der Waals surface area contributed by atoms with Gasteiger partial charge in [-0.2, -0.15) is 0 Å². The standard InChI is InChI=1S/C9H16O5S/c1-2-14-9(8(10)11)4-3-6-15(12,13)7-5-9/h2-7H2,1H3,(H,10,11). The Balaban J connectivity index is 2.87. The van der Waals surface area contributed by atoms with Crippen LogP contribution in [0.5, 0.6) is 0 Å². The van der Waals surface area contributed by atoms with Crippen molar-refractivity contribution in [3.63, 3.8) is 0 Å². The first-order chi connectivity index (χ1) is 6.92. The molecule has 0 aromatic rings. The third kappa shape index (κ3) is 2.92. The van der Waals surface area contributed by atoms with Crippen LogP contribution in [-0.4, -0.2) is 43.2 Å². The van der Waals surface area contributed by atoms with E-state index in [9.17, 15) is 13.2 Å². The van der Waals surface area contributed by atoms with Crippen LogP contribution in [0, 0.1) is 0 Å². The van der Waals surface area contributed by atoms with Gasteiger partial charge in [-0.3, -0.25) is 0 Å². The SMILES string of the molecule is CCOC1(C(=O)O)CCCS(=O)(=O)CC1. The molecule has 0 radical (unpaired) electrons. The zero-order valence-corrected chi connectivity index (χ0v) is 9.55. The molecule has 0 spiro atoms. The Labute approximate surface area is 89.3 Å². The first kappa shape index (κ1) is 12.4. The molecule has 1 fully saturated rings. The van der Waals surface area contributed by atoms with E-state index in [1.165, 1.54) is 0 Å². The zero-order valence-electron chi connectivity index (χ0n) is 8.73. The fourth-order valence-corrected chi connectivity index (χ4v) is 3.25. The second-order valence-electron chi connectivity index (χ2n) is 3.74. The highest BCUT2D eigenvalue weighted by atomic mass is 32.2. The first-order valence-electron chi connectivity index (χ1n) is 5.00. The second kappa shape index (κ2) is 4.49. The van der Waals surface area contributed by atoms with Gasteiger partial charge in [0.25, 0.3) is 0 Å². The lowest BCUT2D eigenvalue weighted by Gasteiger charge is -2.27. The van der Waals surface area contributed by atoms with Crippen molar-refractivity contribution >= 4 is 15.8 Å². The number of carboxylic acids is 1. The minimum Gasteiger partial charge on any atom is -0.479 e. The van der Waals surface area contributed by atoms with Gasteiger partial charge < -0.3 is 9.84 Å². The summed E-state index contributed by atoms with van der Waals surface area (Å²) in [6.07, 6.45) is 0.683. The Morgan fingerprint density at radius 3 is 2.60 bits per heavy atom. The number of aliphatic carboxylic acids is 1. The first-order valence-corrected chi connectivity index (χ1v) is 6.82. The number of carbonyl (C=O) groups is 1. The summed E-state index contributed by atoms with van der Waals surface area (Å²) < 4.78 is 27.9. The van der Waals surface area contributed by atoms with E-state index < -0.39 is 21.4 Å². The van der Waals surface area contributed by atoms with Gasteiger partial charge in [0.1, 0.15) is 9.84 Å². The van der Waals surface area contributed by atoms with Crippen molar-refractivity contribution in [3.8, 4) is 0 Å². The van der Waals surface area contributed by atoms with E-state index >= 15 is 0 Å². The van der Waals surface area contributed by atoms with Crippen LogP contribution in [0.15, 0.2) is 0 Å². The van der Waals surface area contributed by atoms with Crippen LogP contribution in [0.1, 0.15) is 26.2 Å². The molecule has 88 valence electrons. The minimum absolute atomic E-state index is 0.0541. The number of carboxylic acid groups (broad SMARTS) is 1. The molecule has 0 saturated carbocycles. The van der Waals surface area contributed by atoms with Crippen molar-refractivity contribution in [2.45, 2.75) is 31.8 Å². The van der Waals surface area contributed by atoms with Crippen LogP contribution in [0.4, 0.5) is 0 Å². The Morgan fingerprint density at radius 2 is 2.07 bits per heavy atom. The van der Waals surface area contributed by atoms with Crippen molar-refractivity contribution in [1.29, 1.82) is 0 Å². The van der Waals surface area contributed by atoms with Gasteiger partial charge in [-0.15, -0.1) is 0 Å². The average molecular weight is 236 g/mol. The molecular weight excluding hydrogens is 220 g/mol. The molecule has 0 aromatic heterocycles. The van der Waals surface area contributed by atoms with Crippen molar-refractivity contribution in [3.05, 3.63) is 0 Å². The van der Waals surface area contributed by atoms with Gasteiger partial charge in [0.2, 0.25) is 0 Å². The van der Waals surface area contributed by atoms with Gasteiger partial charge in [-0.05, 0) is 19.8 Å². The number of rotatable bonds is 3. The zero-order chi connectivity index (χ0) is 11.5. The van der Waals surface area contributed by atoms with Crippen molar-refractivity contribution < 1.29 is 23.1 Å². The summed E-state index contributed by atoms with van der Waals surface area (Å²) in [7, 11) is -3.09. The van der Waals surface area contributed by atoms with E-state index in [2.05, 4.69) is 0 Å². The van der Waals surface area contributed by atoms with Crippen LogP contribution in [-0.2, 0) is 19.4 Å². The number of hydrogen-bond acceptors (Lipinski definition) is 4. The molecule has 5 nitrogen and oxygen atoms in total. The van der Waals surface area contributed by atoms with Crippen molar-refractivity contribution in [2.75, 3.05) is 18.1 Å². The molecule has 1 saturated heterocycles. The number of ether oxygens (including phenoxy) is 1. The van der Waals surface area contributed by atoms with E-state index in [0.717, 1.165) is 0 Å². The van der Waals surface area contributed by atoms with E-state index in [0.29, 0.717) is 6.42 Å². The Kier molecular flexibility index (Phi) is 3.72. The van der Waals surface area contributed by atoms with Gasteiger partial charge in [0.05, 0.1) is 11.5 Å². The largest absolute Gasteiger partial charge is 0.479 e. The third-order valence-corrected chi connectivity index (χ3v) is 4.40. The molecule has 0 bridgehead atoms. The van der Waals surface area contributed by atoms with Gasteiger partial charge in [-0.1, -0.05) is 0 Å². The summed E-state index contributed by atoms with van der Waals surface area (Å²) in [5, 5.41) is 9.10. The molecule has 1 unspecified atom stereocenters. The summed E-state index contributed by atoms with van der Waals surface area (Å²) in [4.78, 5) is 11.1. The summed E-state index contributed by atoms with van der Waals surface area (Å²) in [5.74, 6) is -1.09. The Bertz CT molecular complexity index is 334. The van der Waals surface area contributed by atoms with Crippen LogP contribution >= 0.6 is 0 Å². The summed E-state index contributed by atoms with van der Waals surface area (Å²) in [6, 6.07) is 0. The Morgan fingerprint density at radius 1 is 1.40 bits per heavy atom. The van der Waals surface area contributed by atoms with E-state index in [4.69, 9.17) is 9.84 Å². The third-order valence-electron chi connectivity index (χ3n) is 2.66. The van der Waals surface area contributed by atoms with Crippen molar-refractivity contribution in [1.82, 2.24) is 0 Å². The van der Waals surface area contributed by atoms with E-state index in [-0.39, 0.29) is 31.0 Å². The number of sulfone groups is 1. The predicted octanol–water partition coefficient (Wildman–Crippen LogP) is 0.445. The smallest absolute Gasteiger partial charge is 0.335 e. The fraction of sp³-hybridized carbons (Fsp3) is 0.889. The van der Waals surface area contributed by atoms with Gasteiger partial charge in [-0.25, -0.2) is 13.2 Å². The highest BCUT2D eigenvalue weighted by Crippen LogP contribution is 2.27. The van der Waals surface area contributed by atoms with Gasteiger partial charge in [0.15, 0.2) is 5.60 Å². The maximum atomic E-state index is 11.3. The highest BCUT2D eigenvalue weighted by molar-refractivity contribution is 7.91. The molecule has 0 amide bonds. The topological polar surface area (TPSA) is 80.7 Å². The molecule has 1 heterocycles. The molecule has 1 rings (SSSR count). The van der Waals surface area contributed by atoms with Gasteiger partial charge >= 0.3 is 5.97 Å². The van der Waals surface area contributed by atoms with Crippen LogP contribution in [0.25, 0.3) is 0 Å². The predicted molar refractivity (Wildman–Crippen MR) is 54.5 cm³/mol. The minimum atomic E-state index is -3.09. The quantitative estimate of drug-likeness (QED) is 0.769. The second-order valence-corrected chi connectivity index (χ2v) is 6.04. The highest BCUT2D eigenvalue weighted by Gasteiger charge is 2.42. The molecule has 0 aliphatic carbocycles. The molecular formula is C9H16O5S. The maximum absolute atomic E-state index is 11.3. The van der Waals surface area contributed by atoms with Crippen molar-refractivity contribution in [2.24, 2.45) is 0 Å². The fourth-order valence-electron chi connectivity index (χ4n) is 1.82. The summed E-state index contributed by atoms with van der Waals surface area (Å²) in [5.41, 5.74) is -1.29. The molecule has 6 heteroatoms. The average Bonchev–Trinajstić information content (AvgIpc) is 2.27. The van der Waals surface area contributed by atoms with E-state index in [1.54, 1.807) is 6.92 Å². The van der Waals surface area contributed by atoms with Crippen LogP contribution in [0.2, 0.25) is 0 Å². The lowest BCUT2D eigenvalue weighted by Crippen LogP contribution is -2.42. The molecule has 15 heavy (non-hydrogen) atoms. The lowest BCUT2D eigenvalue weighted by atomic mass is 9.95.